The Labute approximate surface area is 65.3 Å². The van der Waals surface area contributed by atoms with Crippen molar-refractivity contribution in [2.45, 2.75) is 19.2 Å². The maximum absolute atomic E-state index is 8.14. The van der Waals surface area contributed by atoms with Gasteiger partial charge in [-0.25, -0.2) is 0 Å². The van der Waals surface area contributed by atoms with E-state index in [4.69, 9.17) is 21.6 Å². The van der Waals surface area contributed by atoms with E-state index in [2.05, 4.69) is 4.99 Å². The summed E-state index contributed by atoms with van der Waals surface area (Å²) >= 11 is 5.59. The zero-order valence-electron chi connectivity index (χ0n) is 5.97. The molecule has 0 aromatic rings. The third-order valence-corrected chi connectivity index (χ3v) is 0.979. The lowest BCUT2D eigenvalue weighted by molar-refractivity contribution is 0.320. The van der Waals surface area contributed by atoms with Crippen LogP contribution in [-0.4, -0.2) is 17.9 Å². The largest absolute Gasteiger partial charge is 0.479 e. The summed E-state index contributed by atoms with van der Waals surface area (Å²) in [5.74, 6) is 0.284. The molecular formula is C6H9ClN2O. The Kier molecular flexibility index (Phi) is 4.69. The molecule has 0 aliphatic rings. The van der Waals surface area contributed by atoms with Crippen molar-refractivity contribution in [1.29, 1.82) is 5.26 Å². The van der Waals surface area contributed by atoms with Crippen LogP contribution in [0, 0.1) is 11.5 Å². The first-order valence-corrected chi connectivity index (χ1v) is 3.39. The van der Waals surface area contributed by atoms with Crippen LogP contribution in [0.1, 0.15) is 13.8 Å². The first kappa shape index (κ1) is 9.25. The van der Waals surface area contributed by atoms with E-state index in [1.165, 1.54) is 0 Å². The van der Waals surface area contributed by atoms with Crippen molar-refractivity contribution >= 4 is 17.5 Å². The van der Waals surface area contributed by atoms with Crippen molar-refractivity contribution < 1.29 is 4.74 Å². The molecule has 0 aromatic carbocycles. The summed E-state index contributed by atoms with van der Waals surface area (Å²) in [6.07, 6.45) is 1.61. The van der Waals surface area contributed by atoms with E-state index in [0.29, 0.717) is 6.61 Å². The molecule has 0 fully saturated rings. The molecule has 1 unspecified atom stereocenters. The van der Waals surface area contributed by atoms with Gasteiger partial charge in [-0.15, -0.1) is 16.6 Å². The predicted molar refractivity (Wildman–Crippen MR) is 40.0 cm³/mol. The molecule has 4 heteroatoms. The number of aliphatic imine (C=N–C) groups is 1. The minimum Gasteiger partial charge on any atom is -0.479 e. The van der Waals surface area contributed by atoms with Gasteiger partial charge in [-0.2, -0.15) is 5.26 Å². The summed E-state index contributed by atoms with van der Waals surface area (Å²) < 4.78 is 4.94. The van der Waals surface area contributed by atoms with Crippen molar-refractivity contribution in [2.24, 2.45) is 4.99 Å². The second-order valence-corrected chi connectivity index (χ2v) is 2.25. The van der Waals surface area contributed by atoms with Gasteiger partial charge in [-0.3, -0.25) is 0 Å². The molecule has 0 aliphatic heterocycles. The second-order valence-electron chi connectivity index (χ2n) is 1.60. The van der Waals surface area contributed by atoms with E-state index in [1.54, 1.807) is 13.1 Å². The lowest BCUT2D eigenvalue weighted by Crippen LogP contribution is -2.14. The van der Waals surface area contributed by atoms with Crippen LogP contribution in [0.4, 0.5) is 0 Å². The number of nitrogens with zero attached hydrogens (tertiary/aromatic N) is 2. The Morgan fingerprint density at radius 1 is 1.90 bits per heavy atom. The number of nitriles is 1. The van der Waals surface area contributed by atoms with Crippen LogP contribution in [-0.2, 0) is 4.74 Å². The summed E-state index contributed by atoms with van der Waals surface area (Å²) in [7, 11) is 0. The molecule has 56 valence electrons. The number of ether oxygens (including phenoxy) is 1. The average Bonchev–Trinajstić information content (AvgIpc) is 1.87. The molecule has 0 N–H and O–H groups in total. The van der Waals surface area contributed by atoms with Crippen molar-refractivity contribution in [3.05, 3.63) is 0 Å². The molecule has 1 atom stereocenters. The molecule has 0 spiro atoms. The summed E-state index contributed by atoms with van der Waals surface area (Å²) in [6, 6.07) is 0. The summed E-state index contributed by atoms with van der Waals surface area (Å²) in [5.41, 5.74) is 0. The van der Waals surface area contributed by atoms with Gasteiger partial charge >= 0.3 is 0 Å². The number of hydrogen-bond donors (Lipinski definition) is 0. The van der Waals surface area contributed by atoms with Gasteiger partial charge in [0.15, 0.2) is 0 Å². The lowest BCUT2D eigenvalue weighted by atomic mass is 10.5. The normalized spacial score (nSPS) is 14.0. The van der Waals surface area contributed by atoms with E-state index in [1.807, 2.05) is 6.92 Å². The van der Waals surface area contributed by atoms with Crippen LogP contribution in [0.5, 0.6) is 0 Å². The minimum atomic E-state index is -0.334. The third kappa shape index (κ3) is 3.31. The fourth-order valence-electron chi connectivity index (χ4n) is 0.433. The van der Waals surface area contributed by atoms with Crippen LogP contribution in [0.2, 0.25) is 0 Å². The minimum absolute atomic E-state index is 0.284. The number of hydrogen-bond acceptors (Lipinski definition) is 3. The molecule has 0 rings (SSSR count). The van der Waals surface area contributed by atoms with Gasteiger partial charge in [0, 0.05) is 0 Å². The van der Waals surface area contributed by atoms with E-state index in [9.17, 15) is 0 Å². The smallest absolute Gasteiger partial charge is 0.217 e. The molecule has 0 radical (unpaired) electrons. The van der Waals surface area contributed by atoms with Crippen molar-refractivity contribution in [3.8, 4) is 6.19 Å². The van der Waals surface area contributed by atoms with Crippen molar-refractivity contribution in [2.75, 3.05) is 6.61 Å². The summed E-state index contributed by atoms with van der Waals surface area (Å²) in [4.78, 5) is 3.38. The molecule has 3 nitrogen and oxygen atoms in total. The highest BCUT2D eigenvalue weighted by molar-refractivity contribution is 6.30. The Bertz CT molecular complexity index is 160. The van der Waals surface area contributed by atoms with Crippen LogP contribution in [0.25, 0.3) is 0 Å². The average molecular weight is 161 g/mol. The fourth-order valence-corrected chi connectivity index (χ4v) is 0.545. The first-order chi connectivity index (χ1) is 4.72. The van der Waals surface area contributed by atoms with Gasteiger partial charge in [-0.1, -0.05) is 0 Å². The quantitative estimate of drug-likeness (QED) is 0.266. The lowest BCUT2D eigenvalue weighted by Gasteiger charge is -2.05. The van der Waals surface area contributed by atoms with Gasteiger partial charge < -0.3 is 4.74 Å². The Morgan fingerprint density at radius 3 is 2.80 bits per heavy atom. The van der Waals surface area contributed by atoms with Crippen LogP contribution < -0.4 is 0 Å². The third-order valence-electron chi connectivity index (χ3n) is 0.793. The number of alkyl halides is 1. The van der Waals surface area contributed by atoms with Crippen LogP contribution in [0.3, 0.4) is 0 Å². The predicted octanol–water partition coefficient (Wildman–Crippen LogP) is 1.53. The molecular weight excluding hydrogens is 152 g/mol. The highest BCUT2D eigenvalue weighted by Crippen LogP contribution is 1.98. The molecule has 0 bridgehead atoms. The van der Waals surface area contributed by atoms with Crippen molar-refractivity contribution in [1.82, 2.24) is 0 Å². The van der Waals surface area contributed by atoms with E-state index >= 15 is 0 Å². The molecule has 0 saturated heterocycles. The highest BCUT2D eigenvalue weighted by atomic mass is 35.5. The Balaban J connectivity index is 4.01. The van der Waals surface area contributed by atoms with Crippen LogP contribution >= 0.6 is 11.6 Å². The summed E-state index contributed by atoms with van der Waals surface area (Å²) in [6.45, 7) is 4.00. The first-order valence-electron chi connectivity index (χ1n) is 2.95. The van der Waals surface area contributed by atoms with Crippen LogP contribution in [0.15, 0.2) is 4.99 Å². The fraction of sp³-hybridized carbons (Fsp3) is 0.667. The number of halogens is 1. The molecule has 0 aliphatic carbocycles. The zero-order valence-corrected chi connectivity index (χ0v) is 6.72. The van der Waals surface area contributed by atoms with Gasteiger partial charge in [0.2, 0.25) is 12.1 Å². The topological polar surface area (TPSA) is 45.4 Å². The second kappa shape index (κ2) is 5.07. The Hall–Kier alpha value is -0.750. The standard InChI is InChI=1S/C6H9ClN2O/c1-3-10-6(5(2)7)9-4-8/h5H,3H2,1-2H3. The van der Waals surface area contributed by atoms with E-state index in [0.717, 1.165) is 0 Å². The van der Waals surface area contributed by atoms with E-state index in [-0.39, 0.29) is 11.3 Å². The molecule has 0 heterocycles. The molecule has 0 saturated carbocycles. The van der Waals surface area contributed by atoms with Crippen molar-refractivity contribution in [3.63, 3.8) is 0 Å². The number of rotatable bonds is 2. The summed E-state index contributed by atoms with van der Waals surface area (Å²) in [5, 5.41) is 7.80. The van der Waals surface area contributed by atoms with Gasteiger partial charge in [0.1, 0.15) is 5.38 Å². The molecule has 10 heavy (non-hydrogen) atoms. The molecule has 0 amide bonds. The maximum atomic E-state index is 8.14. The zero-order chi connectivity index (χ0) is 7.98. The SMILES string of the molecule is CCOC(=NC#N)C(C)Cl. The maximum Gasteiger partial charge on any atom is 0.217 e. The van der Waals surface area contributed by atoms with Gasteiger partial charge in [0.05, 0.1) is 6.61 Å². The molecule has 0 aromatic heterocycles. The van der Waals surface area contributed by atoms with Gasteiger partial charge in [0.25, 0.3) is 0 Å². The Morgan fingerprint density at radius 2 is 2.50 bits per heavy atom. The monoisotopic (exact) mass is 160 g/mol. The van der Waals surface area contributed by atoms with E-state index < -0.39 is 0 Å². The van der Waals surface area contributed by atoms with Gasteiger partial charge in [-0.05, 0) is 13.8 Å². The highest BCUT2D eigenvalue weighted by Gasteiger charge is 2.06.